The van der Waals surface area contributed by atoms with Gasteiger partial charge < -0.3 is 10.2 Å². The van der Waals surface area contributed by atoms with Crippen LogP contribution in [0.2, 0.25) is 0 Å². The summed E-state index contributed by atoms with van der Waals surface area (Å²) < 4.78 is 29.7. The van der Waals surface area contributed by atoms with Crippen LogP contribution < -0.4 is 9.62 Å². The maximum atomic E-state index is 14.0. The van der Waals surface area contributed by atoms with Crippen molar-refractivity contribution >= 4 is 43.5 Å². The number of benzene rings is 3. The number of hydrogen-bond acceptors (Lipinski definition) is 4. The molecular formula is C31H36BrN3O4S. The van der Waals surface area contributed by atoms with E-state index in [2.05, 4.69) is 21.2 Å². The molecule has 7 nitrogen and oxygen atoms in total. The van der Waals surface area contributed by atoms with Gasteiger partial charge in [-0.25, -0.2) is 8.42 Å². The second-order valence-corrected chi connectivity index (χ2v) is 12.9. The van der Waals surface area contributed by atoms with Crippen molar-refractivity contribution in [2.24, 2.45) is 0 Å². The van der Waals surface area contributed by atoms with Crippen LogP contribution in [-0.4, -0.2) is 43.8 Å². The summed E-state index contributed by atoms with van der Waals surface area (Å²) in [5.41, 5.74) is 2.27. The lowest BCUT2D eigenvalue weighted by Gasteiger charge is -2.32. The van der Waals surface area contributed by atoms with Gasteiger partial charge in [-0.3, -0.25) is 13.9 Å². The number of aryl methyl sites for hydroxylation is 1. The fourth-order valence-corrected chi connectivity index (χ4v) is 6.83. The third-order valence-corrected chi connectivity index (χ3v) is 9.63. The Hall–Kier alpha value is -3.17. The normalized spacial score (nSPS) is 14.5. The number of amides is 2. The van der Waals surface area contributed by atoms with Gasteiger partial charge in [0.15, 0.2) is 0 Å². The van der Waals surface area contributed by atoms with Gasteiger partial charge in [-0.15, -0.1) is 0 Å². The smallest absolute Gasteiger partial charge is 0.264 e. The summed E-state index contributed by atoms with van der Waals surface area (Å²) in [6.45, 7) is 3.43. The van der Waals surface area contributed by atoms with Crippen molar-refractivity contribution < 1.29 is 18.0 Å². The summed E-state index contributed by atoms with van der Waals surface area (Å²) in [6, 6.07) is 22.1. The highest BCUT2D eigenvalue weighted by atomic mass is 79.9. The Morgan fingerprint density at radius 2 is 1.62 bits per heavy atom. The lowest BCUT2D eigenvalue weighted by molar-refractivity contribution is -0.139. The molecule has 2 amide bonds. The summed E-state index contributed by atoms with van der Waals surface area (Å²) in [4.78, 5) is 28.9. The maximum absolute atomic E-state index is 14.0. The first kappa shape index (κ1) is 29.8. The molecule has 1 fully saturated rings. The average Bonchev–Trinajstić information content (AvgIpc) is 3.47. The number of sulfonamides is 1. The molecule has 3 aromatic carbocycles. The molecule has 0 saturated heterocycles. The zero-order valence-electron chi connectivity index (χ0n) is 22.9. The molecule has 212 valence electrons. The summed E-state index contributed by atoms with van der Waals surface area (Å²) in [5, 5.41) is 3.09. The Balaban J connectivity index is 1.68. The Bertz CT molecular complexity index is 1410. The van der Waals surface area contributed by atoms with Gasteiger partial charge >= 0.3 is 0 Å². The SMILES string of the molecule is CCc1ccc(N(CC(=O)N(Cc2cccc(Br)c2)[C@@H](C)C(=O)NC2CCCC2)S(=O)(=O)c2ccccc2)cc1. The van der Waals surface area contributed by atoms with E-state index in [1.807, 2.05) is 43.3 Å². The Morgan fingerprint density at radius 1 is 0.950 bits per heavy atom. The fraction of sp³-hybridized carbons (Fsp3) is 0.355. The van der Waals surface area contributed by atoms with Gasteiger partial charge in [-0.2, -0.15) is 0 Å². The molecule has 0 radical (unpaired) electrons. The second kappa shape index (κ2) is 13.5. The zero-order valence-corrected chi connectivity index (χ0v) is 25.3. The molecule has 0 spiro atoms. The fourth-order valence-electron chi connectivity index (χ4n) is 4.95. The molecule has 0 heterocycles. The van der Waals surface area contributed by atoms with Gasteiger partial charge in [0.1, 0.15) is 12.6 Å². The van der Waals surface area contributed by atoms with E-state index < -0.39 is 28.5 Å². The number of nitrogens with one attached hydrogen (secondary N) is 1. The monoisotopic (exact) mass is 625 g/mol. The molecule has 4 rings (SSSR count). The predicted molar refractivity (Wildman–Crippen MR) is 161 cm³/mol. The highest BCUT2D eigenvalue weighted by Gasteiger charge is 2.33. The van der Waals surface area contributed by atoms with Gasteiger partial charge in [0.05, 0.1) is 10.6 Å². The van der Waals surface area contributed by atoms with Gasteiger partial charge in [0.25, 0.3) is 10.0 Å². The number of carbonyl (C=O) groups excluding carboxylic acids is 2. The minimum atomic E-state index is -4.07. The topological polar surface area (TPSA) is 86.8 Å². The van der Waals surface area contributed by atoms with Gasteiger partial charge in [-0.05, 0) is 73.7 Å². The minimum absolute atomic E-state index is 0.0907. The first-order valence-corrected chi connectivity index (χ1v) is 15.9. The van der Waals surface area contributed by atoms with E-state index in [-0.39, 0.29) is 23.4 Å². The Labute approximate surface area is 245 Å². The average molecular weight is 627 g/mol. The molecule has 1 N–H and O–H groups in total. The molecule has 1 saturated carbocycles. The largest absolute Gasteiger partial charge is 0.352 e. The molecule has 0 aliphatic heterocycles. The van der Waals surface area contributed by atoms with Crippen LogP contribution >= 0.6 is 15.9 Å². The third-order valence-electron chi connectivity index (χ3n) is 7.35. The van der Waals surface area contributed by atoms with Crippen LogP contribution in [-0.2, 0) is 32.6 Å². The molecule has 1 aliphatic carbocycles. The summed E-state index contributed by atoms with van der Waals surface area (Å²) in [6.07, 6.45) is 4.80. The second-order valence-electron chi connectivity index (χ2n) is 10.2. The van der Waals surface area contributed by atoms with Crippen molar-refractivity contribution in [3.05, 3.63) is 94.5 Å². The standard InChI is InChI=1S/C31H36BrN3O4S/c1-3-24-16-18-28(19-17-24)35(40(38,39)29-14-5-4-6-15-29)22-30(36)34(21-25-10-9-11-26(32)20-25)23(2)31(37)33-27-12-7-8-13-27/h4-6,9-11,14-20,23,27H,3,7-8,12-13,21-22H2,1-2H3,(H,33,37)/t23-/m0/s1. The lowest BCUT2D eigenvalue weighted by atomic mass is 10.1. The summed E-state index contributed by atoms with van der Waals surface area (Å²) in [5.74, 6) is -0.701. The van der Waals surface area contributed by atoms with Crippen LogP contribution in [0.25, 0.3) is 0 Å². The Morgan fingerprint density at radius 3 is 2.25 bits per heavy atom. The minimum Gasteiger partial charge on any atom is -0.352 e. The summed E-state index contributed by atoms with van der Waals surface area (Å²) in [7, 11) is -4.07. The van der Waals surface area contributed by atoms with Crippen molar-refractivity contribution in [1.82, 2.24) is 10.2 Å². The number of carbonyl (C=O) groups is 2. The van der Waals surface area contributed by atoms with E-state index in [0.717, 1.165) is 52.0 Å². The lowest BCUT2D eigenvalue weighted by Crippen LogP contribution is -2.52. The van der Waals surface area contributed by atoms with Crippen LogP contribution in [0.4, 0.5) is 5.69 Å². The molecule has 0 aromatic heterocycles. The molecular weight excluding hydrogens is 590 g/mol. The van der Waals surface area contributed by atoms with E-state index in [0.29, 0.717) is 5.69 Å². The third kappa shape index (κ3) is 7.31. The number of nitrogens with zero attached hydrogens (tertiary/aromatic N) is 2. The van der Waals surface area contributed by atoms with E-state index >= 15 is 0 Å². The van der Waals surface area contributed by atoms with Crippen molar-refractivity contribution in [2.75, 3.05) is 10.8 Å². The van der Waals surface area contributed by atoms with Crippen LogP contribution in [0.5, 0.6) is 0 Å². The molecule has 1 atom stereocenters. The number of hydrogen-bond donors (Lipinski definition) is 1. The highest BCUT2D eigenvalue weighted by Crippen LogP contribution is 2.26. The van der Waals surface area contributed by atoms with Crippen LogP contribution in [0, 0.1) is 0 Å². The molecule has 3 aromatic rings. The van der Waals surface area contributed by atoms with Crippen molar-refractivity contribution in [2.45, 2.75) is 69.5 Å². The van der Waals surface area contributed by atoms with E-state index in [1.54, 1.807) is 37.3 Å². The number of rotatable bonds is 11. The maximum Gasteiger partial charge on any atom is 0.264 e. The van der Waals surface area contributed by atoms with Gasteiger partial charge in [0.2, 0.25) is 11.8 Å². The molecule has 1 aliphatic rings. The molecule has 40 heavy (non-hydrogen) atoms. The number of halogens is 1. The van der Waals surface area contributed by atoms with Crippen molar-refractivity contribution in [1.29, 1.82) is 0 Å². The van der Waals surface area contributed by atoms with Gasteiger partial charge in [0, 0.05) is 17.1 Å². The van der Waals surface area contributed by atoms with Crippen LogP contribution in [0.15, 0.2) is 88.2 Å². The highest BCUT2D eigenvalue weighted by molar-refractivity contribution is 9.10. The van der Waals surface area contributed by atoms with Gasteiger partial charge in [-0.1, -0.05) is 78.2 Å². The molecule has 0 unspecified atom stereocenters. The molecule has 9 heteroatoms. The van der Waals surface area contributed by atoms with Crippen LogP contribution in [0.1, 0.15) is 50.7 Å². The quantitative estimate of drug-likeness (QED) is 0.297. The number of anilines is 1. The first-order valence-electron chi connectivity index (χ1n) is 13.7. The Kier molecular flexibility index (Phi) is 10.0. The van der Waals surface area contributed by atoms with Crippen molar-refractivity contribution in [3.63, 3.8) is 0 Å². The van der Waals surface area contributed by atoms with Crippen molar-refractivity contribution in [3.8, 4) is 0 Å². The van der Waals surface area contributed by atoms with E-state index in [4.69, 9.17) is 0 Å². The predicted octanol–water partition coefficient (Wildman–Crippen LogP) is 5.68. The molecule has 0 bridgehead atoms. The van der Waals surface area contributed by atoms with E-state index in [1.165, 1.54) is 17.0 Å². The van der Waals surface area contributed by atoms with E-state index in [9.17, 15) is 18.0 Å². The zero-order chi connectivity index (χ0) is 28.7. The first-order chi connectivity index (χ1) is 19.2. The summed E-state index contributed by atoms with van der Waals surface area (Å²) >= 11 is 3.48. The van der Waals surface area contributed by atoms with Crippen LogP contribution in [0.3, 0.4) is 0 Å².